The Hall–Kier alpha value is -3.92. The Morgan fingerprint density at radius 2 is 1.87 bits per heavy atom. The molecule has 0 amide bonds. The number of H-pyrrole nitrogens is 1. The molecule has 2 aromatic heterocycles. The third kappa shape index (κ3) is 4.08. The minimum Gasteiger partial charge on any atom is -0.338 e. The van der Waals surface area contributed by atoms with E-state index in [2.05, 4.69) is 20.1 Å². The molecule has 0 fully saturated rings. The molecule has 2 heterocycles. The molecule has 4 rings (SSSR count). The average Bonchev–Trinajstić information content (AvgIpc) is 3.22. The van der Waals surface area contributed by atoms with E-state index in [0.717, 1.165) is 0 Å². The van der Waals surface area contributed by atoms with Crippen molar-refractivity contribution >= 4 is 16.6 Å². The van der Waals surface area contributed by atoms with E-state index in [1.54, 1.807) is 30.3 Å². The monoisotopic (exact) mass is 406 g/mol. The lowest BCUT2D eigenvalue weighted by atomic mass is 10.2. The number of non-ortho nitro benzene ring substituents is 1. The number of nitro groups is 1. The van der Waals surface area contributed by atoms with Crippen LogP contribution in [0.25, 0.3) is 22.3 Å². The van der Waals surface area contributed by atoms with Crippen LogP contribution in [-0.2, 0) is 13.1 Å². The highest BCUT2D eigenvalue weighted by molar-refractivity contribution is 5.77. The van der Waals surface area contributed by atoms with Gasteiger partial charge in [0.1, 0.15) is 5.82 Å². The van der Waals surface area contributed by atoms with Gasteiger partial charge in [-0.05, 0) is 30.8 Å². The first-order valence-electron chi connectivity index (χ1n) is 9.31. The molecular formula is C20H18N6O4. The largest absolute Gasteiger partial charge is 0.338 e. The fourth-order valence-electron chi connectivity index (χ4n) is 3.06. The van der Waals surface area contributed by atoms with Gasteiger partial charge in [0.25, 0.3) is 11.2 Å². The first-order valence-corrected chi connectivity index (χ1v) is 9.31. The highest BCUT2D eigenvalue weighted by atomic mass is 16.6. The van der Waals surface area contributed by atoms with Crippen LogP contribution in [-0.4, -0.2) is 36.5 Å². The van der Waals surface area contributed by atoms with Gasteiger partial charge >= 0.3 is 0 Å². The van der Waals surface area contributed by atoms with E-state index in [4.69, 9.17) is 4.52 Å². The van der Waals surface area contributed by atoms with Gasteiger partial charge in [0.05, 0.1) is 28.9 Å². The summed E-state index contributed by atoms with van der Waals surface area (Å²) in [6, 6.07) is 13.1. The molecule has 152 valence electrons. The van der Waals surface area contributed by atoms with E-state index in [9.17, 15) is 14.9 Å². The molecule has 0 aliphatic heterocycles. The highest BCUT2D eigenvalue weighted by Gasteiger charge is 2.15. The van der Waals surface area contributed by atoms with E-state index < -0.39 is 4.92 Å². The van der Waals surface area contributed by atoms with Crippen molar-refractivity contribution in [2.24, 2.45) is 0 Å². The fraction of sp³-hybridized carbons (Fsp3) is 0.200. The first-order chi connectivity index (χ1) is 14.5. The molecule has 2 aromatic carbocycles. The standard InChI is InChI=1S/C20H18N6O4/c1-2-25(11-17-21-16-6-4-3-5-15(16)20(27)22-17)12-18-23-19(24-30-18)13-7-9-14(10-8-13)26(28)29/h3-10H,2,11-12H2,1H3,(H,21,22,27). The Morgan fingerprint density at radius 3 is 2.60 bits per heavy atom. The number of nitrogens with one attached hydrogen (secondary N) is 1. The maximum atomic E-state index is 12.3. The molecule has 0 radical (unpaired) electrons. The molecule has 1 N–H and O–H groups in total. The van der Waals surface area contributed by atoms with Gasteiger partial charge in [-0.2, -0.15) is 4.98 Å². The minimum absolute atomic E-state index is 0.00324. The second-order valence-corrected chi connectivity index (χ2v) is 6.65. The van der Waals surface area contributed by atoms with Gasteiger partial charge in [-0.25, -0.2) is 4.98 Å². The molecule has 0 atom stereocenters. The third-order valence-corrected chi connectivity index (χ3v) is 4.65. The third-order valence-electron chi connectivity index (χ3n) is 4.65. The molecule has 4 aromatic rings. The Balaban J connectivity index is 1.49. The van der Waals surface area contributed by atoms with E-state index in [1.807, 2.05) is 17.9 Å². The van der Waals surface area contributed by atoms with Crippen LogP contribution in [0.4, 0.5) is 5.69 Å². The molecule has 0 bridgehead atoms. The van der Waals surface area contributed by atoms with Gasteiger partial charge < -0.3 is 9.51 Å². The van der Waals surface area contributed by atoms with Gasteiger partial charge in [-0.1, -0.05) is 24.2 Å². The number of benzene rings is 2. The minimum atomic E-state index is -0.463. The van der Waals surface area contributed by atoms with Crippen molar-refractivity contribution < 1.29 is 9.45 Å². The van der Waals surface area contributed by atoms with Crippen LogP contribution in [0.15, 0.2) is 57.8 Å². The first kappa shape index (κ1) is 19.4. The van der Waals surface area contributed by atoms with Crippen LogP contribution >= 0.6 is 0 Å². The number of para-hydroxylation sites is 1. The summed E-state index contributed by atoms with van der Waals surface area (Å²) in [5.74, 6) is 1.30. The zero-order chi connectivity index (χ0) is 21.1. The van der Waals surface area contributed by atoms with Gasteiger partial charge in [0.15, 0.2) is 0 Å². The quantitative estimate of drug-likeness (QED) is 0.366. The fourth-order valence-corrected chi connectivity index (χ4v) is 3.06. The molecule has 0 spiro atoms. The van der Waals surface area contributed by atoms with Crippen LogP contribution < -0.4 is 5.56 Å². The van der Waals surface area contributed by atoms with Crippen LogP contribution in [0.5, 0.6) is 0 Å². The Kier molecular flexibility index (Phi) is 5.31. The topological polar surface area (TPSA) is 131 Å². The normalized spacial score (nSPS) is 11.3. The second kappa shape index (κ2) is 8.21. The van der Waals surface area contributed by atoms with Crippen molar-refractivity contribution in [3.63, 3.8) is 0 Å². The smallest absolute Gasteiger partial charge is 0.269 e. The lowest BCUT2D eigenvalue weighted by Gasteiger charge is -2.17. The van der Waals surface area contributed by atoms with Crippen molar-refractivity contribution in [3.05, 3.63) is 80.7 Å². The summed E-state index contributed by atoms with van der Waals surface area (Å²) in [4.78, 5) is 36.3. The Morgan fingerprint density at radius 1 is 1.10 bits per heavy atom. The van der Waals surface area contributed by atoms with E-state index in [-0.39, 0.29) is 11.2 Å². The molecular weight excluding hydrogens is 388 g/mol. The Bertz CT molecular complexity index is 1250. The summed E-state index contributed by atoms with van der Waals surface area (Å²) < 4.78 is 5.33. The molecule has 30 heavy (non-hydrogen) atoms. The summed E-state index contributed by atoms with van der Waals surface area (Å²) in [6.45, 7) is 3.43. The van der Waals surface area contributed by atoms with Gasteiger partial charge in [0, 0.05) is 17.7 Å². The maximum absolute atomic E-state index is 12.3. The molecule has 10 nitrogen and oxygen atoms in total. The summed E-state index contributed by atoms with van der Waals surface area (Å²) in [7, 11) is 0. The highest BCUT2D eigenvalue weighted by Crippen LogP contribution is 2.20. The van der Waals surface area contributed by atoms with Gasteiger partial charge in [-0.3, -0.25) is 19.8 Å². The van der Waals surface area contributed by atoms with Crippen molar-refractivity contribution in [2.75, 3.05) is 6.54 Å². The average molecular weight is 406 g/mol. The van der Waals surface area contributed by atoms with Crippen molar-refractivity contribution in [2.45, 2.75) is 20.0 Å². The van der Waals surface area contributed by atoms with Gasteiger partial charge in [-0.15, -0.1) is 0 Å². The predicted octanol–water partition coefficient (Wildman–Crippen LogP) is 2.90. The SMILES string of the molecule is CCN(Cc1nc2ccccc2c(=O)[nH]1)Cc1nc(-c2ccc([N+](=O)[O-])cc2)no1. The number of aromatic amines is 1. The second-order valence-electron chi connectivity index (χ2n) is 6.65. The summed E-state index contributed by atoms with van der Waals surface area (Å²) in [5, 5.41) is 15.3. The van der Waals surface area contributed by atoms with Crippen molar-refractivity contribution in [1.82, 2.24) is 25.0 Å². The molecule has 0 saturated heterocycles. The Labute approximate surface area is 170 Å². The van der Waals surface area contributed by atoms with E-state index in [0.29, 0.717) is 53.6 Å². The number of hydrogen-bond donors (Lipinski definition) is 1. The van der Waals surface area contributed by atoms with Crippen molar-refractivity contribution in [1.29, 1.82) is 0 Å². The van der Waals surface area contributed by atoms with E-state index in [1.165, 1.54) is 12.1 Å². The zero-order valence-electron chi connectivity index (χ0n) is 16.1. The predicted molar refractivity (Wildman–Crippen MR) is 109 cm³/mol. The number of rotatable bonds is 7. The van der Waals surface area contributed by atoms with Crippen LogP contribution in [0.1, 0.15) is 18.6 Å². The number of hydrogen-bond acceptors (Lipinski definition) is 8. The molecule has 0 unspecified atom stereocenters. The van der Waals surface area contributed by atoms with Crippen LogP contribution in [0.2, 0.25) is 0 Å². The number of aromatic nitrogens is 4. The molecule has 0 aliphatic carbocycles. The lowest BCUT2D eigenvalue weighted by Crippen LogP contribution is -2.25. The maximum Gasteiger partial charge on any atom is 0.269 e. The van der Waals surface area contributed by atoms with Gasteiger partial charge in [0.2, 0.25) is 11.7 Å². The number of nitro benzene ring substituents is 1. The summed E-state index contributed by atoms with van der Waals surface area (Å²) >= 11 is 0. The molecule has 10 heteroatoms. The zero-order valence-corrected chi connectivity index (χ0v) is 16.1. The number of nitrogens with zero attached hydrogens (tertiary/aromatic N) is 5. The molecule has 0 saturated carbocycles. The van der Waals surface area contributed by atoms with E-state index >= 15 is 0 Å². The number of fused-ring (bicyclic) bond motifs is 1. The summed E-state index contributed by atoms with van der Waals surface area (Å²) in [6.07, 6.45) is 0. The lowest BCUT2D eigenvalue weighted by molar-refractivity contribution is -0.384. The molecule has 0 aliphatic rings. The van der Waals surface area contributed by atoms with Crippen LogP contribution in [0.3, 0.4) is 0 Å². The summed E-state index contributed by atoms with van der Waals surface area (Å²) in [5.41, 5.74) is 1.09. The van der Waals surface area contributed by atoms with Crippen molar-refractivity contribution in [3.8, 4) is 11.4 Å². The van der Waals surface area contributed by atoms with Crippen LogP contribution in [0, 0.1) is 10.1 Å².